The van der Waals surface area contributed by atoms with Gasteiger partial charge < -0.3 is 10.1 Å². The molecule has 0 aliphatic heterocycles. The normalized spacial score (nSPS) is 15.1. The van der Waals surface area contributed by atoms with E-state index in [2.05, 4.69) is 5.32 Å². The summed E-state index contributed by atoms with van der Waals surface area (Å²) in [4.78, 5) is 0. The molecule has 1 rings (SSSR count). The van der Waals surface area contributed by atoms with Crippen molar-refractivity contribution in [3.8, 4) is 5.75 Å². The van der Waals surface area contributed by atoms with Crippen molar-refractivity contribution in [3.05, 3.63) is 29.3 Å². The number of alkyl halides is 3. The van der Waals surface area contributed by atoms with Crippen molar-refractivity contribution < 1.29 is 17.9 Å². The highest BCUT2D eigenvalue weighted by Crippen LogP contribution is 2.42. The maximum atomic E-state index is 13.4. The van der Waals surface area contributed by atoms with Crippen molar-refractivity contribution in [2.75, 3.05) is 13.7 Å². The third-order valence-electron chi connectivity index (χ3n) is 3.19. The summed E-state index contributed by atoms with van der Waals surface area (Å²) in [5.41, 5.74) is -1.22. The van der Waals surface area contributed by atoms with Crippen LogP contribution in [0.2, 0.25) is 0 Å². The maximum Gasteiger partial charge on any atom is 0.410 e. The molecule has 0 aliphatic rings. The standard InChI is InChI=1S/C14H20F3NO/c1-5-8-18-13(3,14(15,16)17)11-9-10(2)6-7-12(11)19-4/h6-7,9,18H,5,8H2,1-4H3. The first-order chi connectivity index (χ1) is 8.76. The van der Waals surface area contributed by atoms with Crippen LogP contribution in [0.3, 0.4) is 0 Å². The molecule has 108 valence electrons. The van der Waals surface area contributed by atoms with Crippen molar-refractivity contribution in [1.29, 1.82) is 0 Å². The van der Waals surface area contributed by atoms with Crippen LogP contribution >= 0.6 is 0 Å². The largest absolute Gasteiger partial charge is 0.496 e. The van der Waals surface area contributed by atoms with Gasteiger partial charge in [0.25, 0.3) is 0 Å². The van der Waals surface area contributed by atoms with E-state index in [9.17, 15) is 13.2 Å². The van der Waals surface area contributed by atoms with Gasteiger partial charge in [0.05, 0.1) is 7.11 Å². The second-order valence-corrected chi connectivity index (χ2v) is 4.75. The first kappa shape index (κ1) is 15.8. The summed E-state index contributed by atoms with van der Waals surface area (Å²) in [6.45, 7) is 5.03. The minimum absolute atomic E-state index is 0.121. The van der Waals surface area contributed by atoms with Crippen molar-refractivity contribution in [2.45, 2.75) is 38.9 Å². The van der Waals surface area contributed by atoms with Gasteiger partial charge in [-0.3, -0.25) is 0 Å². The highest BCUT2D eigenvalue weighted by atomic mass is 19.4. The van der Waals surface area contributed by atoms with E-state index in [1.54, 1.807) is 19.1 Å². The quantitative estimate of drug-likeness (QED) is 0.883. The van der Waals surface area contributed by atoms with Gasteiger partial charge in [-0.2, -0.15) is 13.2 Å². The van der Waals surface area contributed by atoms with Crippen LogP contribution in [0.1, 0.15) is 31.4 Å². The average molecular weight is 275 g/mol. The van der Waals surface area contributed by atoms with E-state index in [1.807, 2.05) is 6.92 Å². The molecule has 1 aromatic carbocycles. The first-order valence-electron chi connectivity index (χ1n) is 6.23. The van der Waals surface area contributed by atoms with Crippen LogP contribution in [0.25, 0.3) is 0 Å². The van der Waals surface area contributed by atoms with Gasteiger partial charge in [0, 0.05) is 5.56 Å². The molecule has 1 unspecified atom stereocenters. The summed E-state index contributed by atoms with van der Waals surface area (Å²) in [6.07, 6.45) is -3.77. The minimum atomic E-state index is -4.40. The molecule has 0 spiro atoms. The molecule has 0 radical (unpaired) electrons. The Balaban J connectivity index is 3.36. The molecule has 0 saturated heterocycles. The zero-order valence-corrected chi connectivity index (χ0v) is 11.7. The van der Waals surface area contributed by atoms with Gasteiger partial charge in [-0.15, -0.1) is 0 Å². The van der Waals surface area contributed by atoms with Crippen LogP contribution in [0.15, 0.2) is 18.2 Å². The van der Waals surface area contributed by atoms with Gasteiger partial charge in [0.15, 0.2) is 0 Å². The lowest BCUT2D eigenvalue weighted by atomic mass is 9.89. The van der Waals surface area contributed by atoms with E-state index in [0.717, 1.165) is 12.5 Å². The van der Waals surface area contributed by atoms with E-state index < -0.39 is 11.7 Å². The fraction of sp³-hybridized carbons (Fsp3) is 0.571. The highest BCUT2D eigenvalue weighted by molar-refractivity contribution is 5.42. The number of ether oxygens (including phenoxy) is 1. The molecule has 0 fully saturated rings. The summed E-state index contributed by atoms with van der Waals surface area (Å²) >= 11 is 0. The third kappa shape index (κ3) is 3.21. The second kappa shape index (κ2) is 5.82. The summed E-state index contributed by atoms with van der Waals surface area (Å²) < 4.78 is 45.4. The van der Waals surface area contributed by atoms with Crippen LogP contribution in [-0.4, -0.2) is 19.8 Å². The SMILES string of the molecule is CCCNC(C)(c1cc(C)ccc1OC)C(F)(F)F. The predicted molar refractivity (Wildman–Crippen MR) is 69.4 cm³/mol. The van der Waals surface area contributed by atoms with E-state index in [1.165, 1.54) is 13.2 Å². The van der Waals surface area contributed by atoms with Gasteiger partial charge in [0.2, 0.25) is 0 Å². The van der Waals surface area contributed by atoms with Gasteiger partial charge in [-0.25, -0.2) is 0 Å². The van der Waals surface area contributed by atoms with Crippen LogP contribution in [0.4, 0.5) is 13.2 Å². The smallest absolute Gasteiger partial charge is 0.410 e. The van der Waals surface area contributed by atoms with E-state index in [-0.39, 0.29) is 17.9 Å². The fourth-order valence-electron chi connectivity index (χ4n) is 1.94. The molecule has 0 aliphatic carbocycles. The van der Waals surface area contributed by atoms with Crippen molar-refractivity contribution in [2.24, 2.45) is 0 Å². The van der Waals surface area contributed by atoms with E-state index in [0.29, 0.717) is 6.42 Å². The maximum absolute atomic E-state index is 13.4. The fourth-order valence-corrected chi connectivity index (χ4v) is 1.94. The van der Waals surface area contributed by atoms with E-state index >= 15 is 0 Å². The first-order valence-corrected chi connectivity index (χ1v) is 6.23. The lowest BCUT2D eigenvalue weighted by Crippen LogP contribution is -2.52. The number of aryl methyl sites for hydroxylation is 1. The summed E-state index contributed by atoms with van der Waals surface area (Å²) in [7, 11) is 1.38. The zero-order valence-electron chi connectivity index (χ0n) is 11.7. The Bertz CT molecular complexity index is 431. The van der Waals surface area contributed by atoms with Crippen molar-refractivity contribution in [3.63, 3.8) is 0 Å². The zero-order chi connectivity index (χ0) is 14.7. The molecule has 19 heavy (non-hydrogen) atoms. The molecule has 0 saturated carbocycles. The van der Waals surface area contributed by atoms with E-state index in [4.69, 9.17) is 4.74 Å². The number of halogens is 3. The topological polar surface area (TPSA) is 21.3 Å². The summed E-state index contributed by atoms with van der Waals surface area (Å²) in [5.74, 6) is 0.244. The Labute approximate surface area is 112 Å². The van der Waals surface area contributed by atoms with Crippen molar-refractivity contribution in [1.82, 2.24) is 5.32 Å². The molecule has 5 heteroatoms. The van der Waals surface area contributed by atoms with Gasteiger partial charge in [-0.05, 0) is 32.9 Å². The summed E-state index contributed by atoms with van der Waals surface area (Å²) in [6, 6.07) is 4.83. The Morgan fingerprint density at radius 2 is 1.89 bits per heavy atom. The highest BCUT2D eigenvalue weighted by Gasteiger charge is 2.53. The number of rotatable bonds is 5. The molecule has 0 amide bonds. The Morgan fingerprint density at radius 3 is 2.37 bits per heavy atom. The van der Waals surface area contributed by atoms with Gasteiger partial charge in [-0.1, -0.05) is 24.6 Å². The lowest BCUT2D eigenvalue weighted by molar-refractivity contribution is -0.195. The second-order valence-electron chi connectivity index (χ2n) is 4.75. The number of hydrogen-bond donors (Lipinski definition) is 1. The Hall–Kier alpha value is -1.23. The Morgan fingerprint density at radius 1 is 1.26 bits per heavy atom. The van der Waals surface area contributed by atoms with Crippen molar-refractivity contribution >= 4 is 0 Å². The monoisotopic (exact) mass is 275 g/mol. The average Bonchev–Trinajstić information content (AvgIpc) is 2.34. The summed E-state index contributed by atoms with van der Waals surface area (Å²) in [5, 5.41) is 2.60. The van der Waals surface area contributed by atoms with Crippen LogP contribution < -0.4 is 10.1 Å². The number of hydrogen-bond acceptors (Lipinski definition) is 2. The molecule has 1 aromatic rings. The number of methoxy groups -OCH3 is 1. The predicted octanol–water partition coefficient (Wildman–Crippen LogP) is 3.78. The number of benzene rings is 1. The minimum Gasteiger partial charge on any atom is -0.496 e. The van der Waals surface area contributed by atoms with Gasteiger partial charge >= 0.3 is 6.18 Å². The van der Waals surface area contributed by atoms with Crippen LogP contribution in [0, 0.1) is 6.92 Å². The third-order valence-corrected chi connectivity index (χ3v) is 3.19. The molecular formula is C14H20F3NO. The molecule has 2 nitrogen and oxygen atoms in total. The molecular weight excluding hydrogens is 255 g/mol. The van der Waals surface area contributed by atoms with Gasteiger partial charge in [0.1, 0.15) is 11.3 Å². The lowest BCUT2D eigenvalue weighted by Gasteiger charge is -2.34. The molecule has 0 heterocycles. The molecule has 1 N–H and O–H groups in total. The number of nitrogens with one attached hydrogen (secondary N) is 1. The Kier molecular flexibility index (Phi) is 4.85. The van der Waals surface area contributed by atoms with Crippen LogP contribution in [0.5, 0.6) is 5.75 Å². The molecule has 0 aromatic heterocycles. The molecule has 0 bridgehead atoms. The van der Waals surface area contributed by atoms with Crippen LogP contribution in [-0.2, 0) is 5.54 Å². The molecule has 1 atom stereocenters.